The maximum atomic E-state index is 13.5. The molecule has 0 aliphatic heterocycles. The van der Waals surface area contributed by atoms with E-state index in [0.29, 0.717) is 5.75 Å². The summed E-state index contributed by atoms with van der Waals surface area (Å²) in [6, 6.07) is 14.5. The molecule has 2 heterocycles. The van der Waals surface area contributed by atoms with E-state index in [-0.39, 0.29) is 59.6 Å². The summed E-state index contributed by atoms with van der Waals surface area (Å²) in [4.78, 5) is 17.0. The van der Waals surface area contributed by atoms with Gasteiger partial charge in [-0.25, -0.2) is 23.4 Å². The van der Waals surface area contributed by atoms with Crippen molar-refractivity contribution in [2.24, 2.45) is 0 Å². The Labute approximate surface area is 231 Å². The van der Waals surface area contributed by atoms with Gasteiger partial charge in [-0.15, -0.1) is 0 Å². The number of rotatable bonds is 12. The zero-order valence-electron chi connectivity index (χ0n) is 22.1. The molecule has 0 saturated carbocycles. The van der Waals surface area contributed by atoms with Crippen molar-refractivity contribution in [1.29, 1.82) is 0 Å². The third kappa shape index (κ3) is 6.45. The second-order valence-electron chi connectivity index (χ2n) is 9.10. The predicted molar refractivity (Wildman–Crippen MR) is 146 cm³/mol. The van der Waals surface area contributed by atoms with E-state index in [0.717, 1.165) is 5.56 Å². The highest BCUT2D eigenvalue weighted by Gasteiger charge is 2.27. The average molecular weight is 568 g/mol. The second-order valence-corrected chi connectivity index (χ2v) is 10.8. The molecule has 0 aliphatic rings. The minimum atomic E-state index is -4.21. The smallest absolute Gasteiger partial charge is 0.263 e. The Bertz CT molecular complexity index is 1550. The number of aromatic nitrogens is 4. The Morgan fingerprint density at radius 3 is 2.20 bits per heavy atom. The summed E-state index contributed by atoms with van der Waals surface area (Å²) in [6.45, 7) is 3.08. The van der Waals surface area contributed by atoms with Crippen LogP contribution < -0.4 is 18.9 Å². The van der Waals surface area contributed by atoms with Gasteiger partial charge in [0.25, 0.3) is 15.9 Å². The normalized spacial score (nSPS) is 11.6. The van der Waals surface area contributed by atoms with Gasteiger partial charge in [-0.3, -0.25) is 4.72 Å². The monoisotopic (exact) mass is 567 g/mol. The lowest BCUT2D eigenvalue weighted by Crippen LogP contribution is -2.22. The number of sulfonamides is 1. The number of nitrogens with zero attached hydrogens (tertiary/aromatic N) is 4. The Morgan fingerprint density at radius 2 is 1.57 bits per heavy atom. The van der Waals surface area contributed by atoms with Crippen LogP contribution in [-0.2, 0) is 15.4 Å². The lowest BCUT2D eigenvalue weighted by molar-refractivity contribution is 0.192. The molecule has 0 atom stereocenters. The van der Waals surface area contributed by atoms with Crippen LogP contribution in [-0.4, -0.2) is 65.5 Å². The third-order valence-electron chi connectivity index (χ3n) is 5.78. The highest BCUT2D eigenvalue weighted by Crippen LogP contribution is 2.41. The Balaban J connectivity index is 1.84. The van der Waals surface area contributed by atoms with Gasteiger partial charge in [-0.2, -0.15) is 4.98 Å². The molecule has 210 valence electrons. The quantitative estimate of drug-likeness (QED) is 0.230. The number of aliphatic hydroxyl groups excluding tert-OH is 2. The molecule has 4 rings (SSSR count). The fourth-order valence-corrected chi connectivity index (χ4v) is 4.53. The molecule has 0 fully saturated rings. The van der Waals surface area contributed by atoms with E-state index in [1.165, 1.54) is 31.6 Å². The number of nitrogens with one attached hydrogen (secondary N) is 1. The molecule has 2 aromatic carbocycles. The van der Waals surface area contributed by atoms with Crippen LogP contribution in [0.5, 0.6) is 23.1 Å². The molecule has 0 bridgehead atoms. The van der Waals surface area contributed by atoms with E-state index < -0.39 is 15.4 Å². The zero-order chi connectivity index (χ0) is 28.8. The van der Waals surface area contributed by atoms with Crippen molar-refractivity contribution in [3.63, 3.8) is 0 Å². The van der Waals surface area contributed by atoms with Gasteiger partial charge in [0, 0.05) is 17.8 Å². The summed E-state index contributed by atoms with van der Waals surface area (Å²) in [5.41, 5.74) is 0.209. The summed E-state index contributed by atoms with van der Waals surface area (Å²) >= 11 is 0. The van der Waals surface area contributed by atoms with Crippen molar-refractivity contribution in [3.05, 3.63) is 72.6 Å². The molecule has 40 heavy (non-hydrogen) atoms. The van der Waals surface area contributed by atoms with E-state index >= 15 is 0 Å². The minimum Gasteiger partial charge on any atom is -0.493 e. The maximum Gasteiger partial charge on any atom is 0.263 e. The van der Waals surface area contributed by atoms with Crippen LogP contribution in [0.25, 0.3) is 11.6 Å². The molecule has 12 nitrogen and oxygen atoms in total. The largest absolute Gasteiger partial charge is 0.493 e. The second kappa shape index (κ2) is 12.2. The van der Waals surface area contributed by atoms with Crippen LogP contribution in [0.3, 0.4) is 0 Å². The van der Waals surface area contributed by atoms with Crippen LogP contribution in [0.4, 0.5) is 5.82 Å². The Morgan fingerprint density at radius 1 is 0.900 bits per heavy atom. The molecule has 0 saturated heterocycles. The van der Waals surface area contributed by atoms with Crippen molar-refractivity contribution < 1.29 is 32.8 Å². The van der Waals surface area contributed by atoms with Gasteiger partial charge in [0.05, 0.1) is 25.2 Å². The predicted octanol–water partition coefficient (Wildman–Crippen LogP) is 3.18. The molecule has 13 heteroatoms. The number of para-hydroxylation sites is 2. The van der Waals surface area contributed by atoms with Crippen LogP contribution >= 0.6 is 0 Å². The molecule has 0 radical (unpaired) electrons. The molecular formula is C27H29N5O7S. The summed E-state index contributed by atoms with van der Waals surface area (Å²) < 4.78 is 46.6. The lowest BCUT2D eigenvalue weighted by atomic mass is 9.86. The SMILES string of the molecule is COc1ccccc1Oc1c(NS(=O)(=O)c2ccc(C(C)(C)CO)cc2)nc(-c2ncccn2)nc1OCCO. The Hall–Kier alpha value is -4.33. The number of methoxy groups -OCH3 is 1. The van der Waals surface area contributed by atoms with Crippen LogP contribution in [0.15, 0.2) is 71.9 Å². The number of benzene rings is 2. The topological polar surface area (TPSA) is 166 Å². The summed E-state index contributed by atoms with van der Waals surface area (Å²) in [5.74, 6) is 0.0875. The fourth-order valence-electron chi connectivity index (χ4n) is 3.52. The molecule has 0 unspecified atom stereocenters. The van der Waals surface area contributed by atoms with Crippen molar-refractivity contribution in [1.82, 2.24) is 19.9 Å². The van der Waals surface area contributed by atoms with Gasteiger partial charge in [-0.05, 0) is 35.9 Å². The van der Waals surface area contributed by atoms with Gasteiger partial charge in [0.1, 0.15) is 6.61 Å². The van der Waals surface area contributed by atoms with Crippen LogP contribution in [0, 0.1) is 0 Å². The highest BCUT2D eigenvalue weighted by atomic mass is 32.2. The third-order valence-corrected chi connectivity index (χ3v) is 7.14. The van der Waals surface area contributed by atoms with Gasteiger partial charge >= 0.3 is 0 Å². The van der Waals surface area contributed by atoms with Crippen LogP contribution in [0.2, 0.25) is 0 Å². The van der Waals surface area contributed by atoms with Gasteiger partial charge in [0.2, 0.25) is 11.6 Å². The first-order valence-electron chi connectivity index (χ1n) is 12.2. The first-order valence-corrected chi connectivity index (χ1v) is 13.6. The van der Waals surface area contributed by atoms with Gasteiger partial charge in [0.15, 0.2) is 23.1 Å². The molecule has 0 spiro atoms. The molecule has 2 aromatic heterocycles. The van der Waals surface area contributed by atoms with E-state index in [2.05, 4.69) is 24.7 Å². The van der Waals surface area contributed by atoms with Crippen LogP contribution in [0.1, 0.15) is 19.4 Å². The van der Waals surface area contributed by atoms with Gasteiger partial charge < -0.3 is 24.4 Å². The number of anilines is 1. The van der Waals surface area contributed by atoms with Crippen molar-refractivity contribution in [2.75, 3.05) is 31.7 Å². The Kier molecular flexibility index (Phi) is 8.77. The fraction of sp³-hybridized carbons (Fsp3) is 0.259. The molecule has 0 amide bonds. The molecule has 4 aromatic rings. The summed E-state index contributed by atoms with van der Waals surface area (Å²) in [6.07, 6.45) is 2.97. The highest BCUT2D eigenvalue weighted by molar-refractivity contribution is 7.92. The number of aliphatic hydroxyl groups is 2. The first kappa shape index (κ1) is 28.7. The minimum absolute atomic E-state index is 0.0429. The molecule has 0 aliphatic carbocycles. The van der Waals surface area contributed by atoms with E-state index in [1.807, 2.05) is 13.8 Å². The van der Waals surface area contributed by atoms with Crippen molar-refractivity contribution in [2.45, 2.75) is 24.2 Å². The van der Waals surface area contributed by atoms with Crippen molar-refractivity contribution >= 4 is 15.8 Å². The number of hydrogen-bond donors (Lipinski definition) is 3. The standard InChI is InChI=1S/C27H29N5O7S/c1-27(2,17-34)18-9-11-19(12-10-18)40(35,36)32-23-22(39-21-8-5-4-7-20(21)37-3)26(38-16-15-33)31-25(30-23)24-28-13-6-14-29-24/h4-14,33-34H,15-17H2,1-3H3,(H,30,31,32). The van der Waals surface area contributed by atoms with E-state index in [9.17, 15) is 18.6 Å². The zero-order valence-corrected chi connectivity index (χ0v) is 22.9. The van der Waals surface area contributed by atoms with Crippen molar-refractivity contribution in [3.8, 4) is 34.8 Å². The number of hydrogen-bond acceptors (Lipinski definition) is 11. The summed E-state index contributed by atoms with van der Waals surface area (Å²) in [5, 5.41) is 19.1. The lowest BCUT2D eigenvalue weighted by Gasteiger charge is -2.22. The average Bonchev–Trinajstić information content (AvgIpc) is 2.97. The van der Waals surface area contributed by atoms with E-state index in [1.54, 1.807) is 42.5 Å². The summed E-state index contributed by atoms with van der Waals surface area (Å²) in [7, 11) is -2.75. The van der Waals surface area contributed by atoms with Gasteiger partial charge in [-0.1, -0.05) is 38.1 Å². The first-order chi connectivity index (χ1) is 19.2. The molecular weight excluding hydrogens is 538 g/mol. The number of ether oxygens (including phenoxy) is 3. The molecule has 3 N–H and O–H groups in total. The van der Waals surface area contributed by atoms with E-state index in [4.69, 9.17) is 14.2 Å². The maximum absolute atomic E-state index is 13.5.